The number of carbonyl (C=O) groups excluding carboxylic acids is 2. The first-order valence-electron chi connectivity index (χ1n) is 10.1. The molecule has 0 bridgehead atoms. The van der Waals surface area contributed by atoms with Crippen molar-refractivity contribution in [2.24, 2.45) is 10.7 Å². The molecular weight excluding hydrogens is 471 g/mol. The summed E-state index contributed by atoms with van der Waals surface area (Å²) in [6, 6.07) is 5.41. The molecule has 2 heterocycles. The zero-order chi connectivity index (χ0) is 23.3. The molecule has 1 aliphatic heterocycles. The van der Waals surface area contributed by atoms with E-state index in [0.717, 1.165) is 27.0 Å². The van der Waals surface area contributed by atoms with Crippen LogP contribution in [0.3, 0.4) is 0 Å². The molecule has 0 spiro atoms. The Hall–Kier alpha value is -2.29. The van der Waals surface area contributed by atoms with E-state index in [0.29, 0.717) is 29.4 Å². The number of benzene rings is 1. The second kappa shape index (κ2) is 11.0. The van der Waals surface area contributed by atoms with Gasteiger partial charge in [-0.15, -0.1) is 0 Å². The summed E-state index contributed by atoms with van der Waals surface area (Å²) >= 11 is 14.0. The average Bonchev–Trinajstić information content (AvgIpc) is 3.03. The third-order valence-corrected chi connectivity index (χ3v) is 6.20. The van der Waals surface area contributed by atoms with Gasteiger partial charge in [-0.05, 0) is 36.1 Å². The lowest BCUT2D eigenvalue weighted by Gasteiger charge is -2.15. The van der Waals surface area contributed by atoms with Crippen LogP contribution >= 0.6 is 35.0 Å². The summed E-state index contributed by atoms with van der Waals surface area (Å²) in [4.78, 5) is 32.1. The van der Waals surface area contributed by atoms with Crippen LogP contribution in [0.4, 0.5) is 4.79 Å². The SMILES string of the molecule is CC(C)c1nc(CCCOC(N)=O)n(CC2=CCC(=O)N=C2)c1Sc1cc(Cl)cc(Cl)c1. The zero-order valence-electron chi connectivity index (χ0n) is 17.8. The van der Waals surface area contributed by atoms with E-state index in [1.807, 2.05) is 18.2 Å². The number of dihydropyridines is 1. The molecule has 0 fully saturated rings. The number of ether oxygens (including phenoxy) is 1. The molecule has 2 aromatic rings. The number of hydrogen-bond donors (Lipinski definition) is 1. The van der Waals surface area contributed by atoms with Crippen LogP contribution in [0.15, 0.2) is 44.8 Å². The van der Waals surface area contributed by atoms with Gasteiger partial charge >= 0.3 is 6.09 Å². The second-order valence-electron chi connectivity index (χ2n) is 7.57. The largest absolute Gasteiger partial charge is 0.450 e. The molecule has 0 saturated heterocycles. The van der Waals surface area contributed by atoms with Gasteiger partial charge in [0.15, 0.2) is 0 Å². The highest BCUT2D eigenvalue weighted by atomic mass is 35.5. The highest BCUT2D eigenvalue weighted by Gasteiger charge is 2.22. The standard InChI is InChI=1S/C22H24Cl2N4O3S/c1-13(2)20-21(32-17-9-15(23)8-16(24)10-17)28(12-14-5-6-19(29)26-11-14)18(27-20)4-3-7-31-22(25)30/h5,8-11,13H,3-4,6-7,12H2,1-2H3,(H2,25,30). The van der Waals surface area contributed by atoms with Gasteiger partial charge in [0.05, 0.1) is 18.8 Å². The maximum absolute atomic E-state index is 11.5. The van der Waals surface area contributed by atoms with Crippen molar-refractivity contribution in [3.63, 3.8) is 0 Å². The number of rotatable bonds is 9. The number of primary amides is 1. The molecule has 0 saturated carbocycles. The van der Waals surface area contributed by atoms with Crippen molar-refractivity contribution in [3.05, 3.63) is 51.4 Å². The molecule has 0 aliphatic carbocycles. The number of carbonyl (C=O) groups is 2. The maximum Gasteiger partial charge on any atom is 0.404 e. The van der Waals surface area contributed by atoms with Crippen LogP contribution < -0.4 is 5.73 Å². The predicted molar refractivity (Wildman–Crippen MR) is 127 cm³/mol. The molecule has 2 amide bonds. The Morgan fingerprint density at radius 1 is 1.28 bits per heavy atom. The third kappa shape index (κ3) is 6.60. The van der Waals surface area contributed by atoms with Gasteiger partial charge in [-0.25, -0.2) is 14.8 Å². The molecule has 170 valence electrons. The van der Waals surface area contributed by atoms with Gasteiger partial charge in [0.25, 0.3) is 0 Å². The normalized spacial score (nSPS) is 13.5. The number of nitrogens with two attached hydrogens (primary N) is 1. The number of nitrogens with zero attached hydrogens (tertiary/aromatic N) is 3. The van der Waals surface area contributed by atoms with Gasteiger partial charge in [0, 0.05) is 34.0 Å². The molecule has 2 N–H and O–H groups in total. The summed E-state index contributed by atoms with van der Waals surface area (Å²) in [6.07, 6.45) is 4.15. The van der Waals surface area contributed by atoms with Gasteiger partial charge in [0.1, 0.15) is 10.9 Å². The van der Waals surface area contributed by atoms with Gasteiger partial charge in [-0.3, -0.25) is 4.79 Å². The Kier molecular flexibility index (Phi) is 8.39. The first-order chi connectivity index (χ1) is 15.2. The first kappa shape index (κ1) is 24.4. The maximum atomic E-state index is 11.5. The summed E-state index contributed by atoms with van der Waals surface area (Å²) in [7, 11) is 0. The molecule has 0 atom stereocenters. The van der Waals surface area contributed by atoms with Crippen molar-refractivity contribution in [1.29, 1.82) is 0 Å². The molecule has 1 aromatic carbocycles. The number of halogens is 2. The third-order valence-electron chi connectivity index (χ3n) is 4.67. The first-order valence-corrected chi connectivity index (χ1v) is 11.7. The van der Waals surface area contributed by atoms with Gasteiger partial charge in [-0.1, -0.05) is 54.9 Å². The van der Waals surface area contributed by atoms with Gasteiger partial charge < -0.3 is 15.0 Å². The van der Waals surface area contributed by atoms with E-state index in [9.17, 15) is 9.59 Å². The van der Waals surface area contributed by atoms with Gasteiger partial charge in [-0.2, -0.15) is 0 Å². The molecule has 10 heteroatoms. The number of hydrogen-bond acceptors (Lipinski definition) is 5. The van der Waals surface area contributed by atoms with Crippen molar-refractivity contribution in [1.82, 2.24) is 9.55 Å². The summed E-state index contributed by atoms with van der Waals surface area (Å²) in [5.41, 5.74) is 6.93. The highest BCUT2D eigenvalue weighted by Crippen LogP contribution is 2.37. The number of aliphatic imine (C=N–C) groups is 1. The molecule has 0 radical (unpaired) electrons. The second-order valence-corrected chi connectivity index (χ2v) is 9.51. The summed E-state index contributed by atoms with van der Waals surface area (Å²) < 4.78 is 6.99. The van der Waals surface area contributed by atoms with Crippen LogP contribution in [0.5, 0.6) is 0 Å². The fourth-order valence-corrected chi connectivity index (χ4v) is 5.13. The van der Waals surface area contributed by atoms with Crippen LogP contribution in [0, 0.1) is 0 Å². The Morgan fingerprint density at radius 2 is 2.00 bits per heavy atom. The van der Waals surface area contributed by atoms with E-state index < -0.39 is 6.09 Å². The number of imidazole rings is 1. The lowest BCUT2D eigenvalue weighted by Crippen LogP contribution is -2.15. The lowest BCUT2D eigenvalue weighted by atomic mass is 10.1. The van der Waals surface area contributed by atoms with Crippen LogP contribution in [0.25, 0.3) is 0 Å². The van der Waals surface area contributed by atoms with Crippen molar-refractivity contribution in [2.75, 3.05) is 6.61 Å². The van der Waals surface area contributed by atoms with Crippen LogP contribution in [-0.2, 0) is 22.5 Å². The smallest absolute Gasteiger partial charge is 0.404 e. The molecule has 1 aliphatic rings. The molecule has 0 unspecified atom stereocenters. The predicted octanol–water partition coefficient (Wildman–Crippen LogP) is 5.42. The van der Waals surface area contributed by atoms with E-state index in [2.05, 4.69) is 23.4 Å². The minimum Gasteiger partial charge on any atom is -0.450 e. The molecular formula is C22H24Cl2N4O3S. The van der Waals surface area contributed by atoms with Crippen LogP contribution in [0.2, 0.25) is 10.0 Å². The number of aryl methyl sites for hydroxylation is 1. The fourth-order valence-electron chi connectivity index (χ4n) is 3.21. The minimum atomic E-state index is -0.793. The molecule has 32 heavy (non-hydrogen) atoms. The van der Waals surface area contributed by atoms with E-state index in [1.165, 1.54) is 11.8 Å². The Labute approximate surface area is 201 Å². The Bertz CT molecular complexity index is 1060. The van der Waals surface area contributed by atoms with E-state index in [4.69, 9.17) is 38.7 Å². The average molecular weight is 495 g/mol. The zero-order valence-corrected chi connectivity index (χ0v) is 20.1. The monoisotopic (exact) mass is 494 g/mol. The highest BCUT2D eigenvalue weighted by molar-refractivity contribution is 7.99. The van der Waals surface area contributed by atoms with E-state index in [-0.39, 0.29) is 24.9 Å². The van der Waals surface area contributed by atoms with Crippen LogP contribution in [-0.4, -0.2) is 34.4 Å². The van der Waals surface area contributed by atoms with Crippen LogP contribution in [0.1, 0.15) is 44.1 Å². The Morgan fingerprint density at radius 3 is 2.59 bits per heavy atom. The number of allylic oxidation sites excluding steroid dienone is 1. The molecule has 7 nitrogen and oxygen atoms in total. The van der Waals surface area contributed by atoms with E-state index in [1.54, 1.807) is 12.3 Å². The Balaban J connectivity index is 1.98. The summed E-state index contributed by atoms with van der Waals surface area (Å²) in [5.74, 6) is 0.863. The summed E-state index contributed by atoms with van der Waals surface area (Å²) in [5, 5.41) is 2.08. The topological polar surface area (TPSA) is 99.6 Å². The number of amides is 2. The van der Waals surface area contributed by atoms with Crippen molar-refractivity contribution in [3.8, 4) is 0 Å². The van der Waals surface area contributed by atoms with Crippen molar-refractivity contribution < 1.29 is 14.3 Å². The number of aromatic nitrogens is 2. The fraction of sp³-hybridized carbons (Fsp3) is 0.364. The lowest BCUT2D eigenvalue weighted by molar-refractivity contribution is -0.117. The van der Waals surface area contributed by atoms with E-state index >= 15 is 0 Å². The minimum absolute atomic E-state index is 0.158. The molecule has 3 rings (SSSR count). The summed E-state index contributed by atoms with van der Waals surface area (Å²) in [6.45, 7) is 4.90. The van der Waals surface area contributed by atoms with Crippen molar-refractivity contribution in [2.45, 2.75) is 55.5 Å². The quantitative estimate of drug-likeness (QED) is 0.469. The molecule has 1 aromatic heterocycles. The van der Waals surface area contributed by atoms with Gasteiger partial charge in [0.2, 0.25) is 5.91 Å². The van der Waals surface area contributed by atoms with Crippen molar-refractivity contribution >= 4 is 53.2 Å².